The molecule has 7 heteroatoms. The van der Waals surface area contributed by atoms with Gasteiger partial charge in [-0.25, -0.2) is 4.98 Å². The van der Waals surface area contributed by atoms with E-state index in [1.54, 1.807) is 12.3 Å². The van der Waals surface area contributed by atoms with Crippen LogP contribution in [0.1, 0.15) is 27.7 Å². The van der Waals surface area contributed by atoms with Gasteiger partial charge < -0.3 is 19.4 Å². The van der Waals surface area contributed by atoms with Gasteiger partial charge in [0.1, 0.15) is 5.15 Å². The van der Waals surface area contributed by atoms with Crippen molar-refractivity contribution in [3.63, 3.8) is 0 Å². The van der Waals surface area contributed by atoms with E-state index in [0.717, 1.165) is 11.2 Å². The normalized spacial score (nSPS) is 24.0. The summed E-state index contributed by atoms with van der Waals surface area (Å²) in [4.78, 5) is 4.17. The van der Waals surface area contributed by atoms with Crippen LogP contribution in [0.3, 0.4) is 0 Å². The molecule has 0 atom stereocenters. The zero-order valence-corrected chi connectivity index (χ0v) is 13.5. The van der Waals surface area contributed by atoms with Gasteiger partial charge in [-0.2, -0.15) is 0 Å². The maximum absolute atomic E-state index is 6.09. The molecule has 0 aliphatic carbocycles. The summed E-state index contributed by atoms with van der Waals surface area (Å²) in [6.45, 7) is 9.52. The van der Waals surface area contributed by atoms with Crippen molar-refractivity contribution in [2.45, 2.75) is 44.9 Å². The third-order valence-corrected chi connectivity index (χ3v) is 4.61. The third kappa shape index (κ3) is 2.78. The Hall–Kier alpha value is -0.815. The second kappa shape index (κ2) is 5.12. The maximum atomic E-state index is 6.09. The second-order valence-electron chi connectivity index (χ2n) is 6.56. The number of nitrogens with one attached hydrogen (secondary N) is 1. The van der Waals surface area contributed by atoms with Crippen molar-refractivity contribution in [3.05, 3.63) is 17.4 Å². The Morgan fingerprint density at radius 1 is 1.24 bits per heavy atom. The van der Waals surface area contributed by atoms with Gasteiger partial charge in [0.2, 0.25) is 0 Å². The molecule has 2 fully saturated rings. The molecule has 0 aromatic carbocycles. The first kappa shape index (κ1) is 15.1. The van der Waals surface area contributed by atoms with E-state index >= 15 is 0 Å². The molecule has 0 unspecified atom stereocenters. The molecule has 0 bridgehead atoms. The zero-order chi connectivity index (χ0) is 15.3. The van der Waals surface area contributed by atoms with Gasteiger partial charge in [0, 0.05) is 17.3 Å². The van der Waals surface area contributed by atoms with Gasteiger partial charge in [0.15, 0.2) is 0 Å². The average molecular weight is 311 g/mol. The van der Waals surface area contributed by atoms with Gasteiger partial charge in [-0.05, 0) is 33.8 Å². The highest BCUT2D eigenvalue weighted by Gasteiger charge is 2.52. The quantitative estimate of drug-likeness (QED) is 0.682. The van der Waals surface area contributed by atoms with E-state index in [2.05, 4.69) is 10.3 Å². The lowest BCUT2D eigenvalue weighted by Gasteiger charge is -2.32. The Labute approximate surface area is 130 Å². The topological polar surface area (TPSA) is 52.6 Å². The van der Waals surface area contributed by atoms with Crippen molar-refractivity contribution < 1.29 is 14.0 Å². The molecular weight excluding hydrogens is 290 g/mol. The first-order chi connectivity index (χ1) is 9.78. The summed E-state index contributed by atoms with van der Waals surface area (Å²) >= 11 is 6.02. The first-order valence-corrected chi connectivity index (χ1v) is 7.52. The van der Waals surface area contributed by atoms with Crippen LogP contribution in [0, 0.1) is 0 Å². The molecule has 3 rings (SSSR count). The van der Waals surface area contributed by atoms with Crippen LogP contribution in [0.25, 0.3) is 0 Å². The maximum Gasteiger partial charge on any atom is 0.498 e. The molecule has 1 aromatic heterocycles. The molecule has 5 nitrogen and oxygen atoms in total. The number of nitrogens with zero attached hydrogens (tertiary/aromatic N) is 1. The fraction of sp³-hybridized carbons (Fsp3) is 0.643. The number of rotatable bonds is 3. The predicted molar refractivity (Wildman–Crippen MR) is 83.2 cm³/mol. The van der Waals surface area contributed by atoms with Crippen LogP contribution >= 0.6 is 11.6 Å². The summed E-state index contributed by atoms with van der Waals surface area (Å²) in [5.74, 6) is 0. The average Bonchev–Trinajstić information content (AvgIpc) is 2.53. The van der Waals surface area contributed by atoms with Crippen molar-refractivity contribution in [3.8, 4) is 0 Å². The number of hydrogen-bond donors (Lipinski definition) is 1. The van der Waals surface area contributed by atoms with Crippen molar-refractivity contribution in [2.75, 3.05) is 18.5 Å². The molecule has 2 aliphatic heterocycles. The molecular formula is C14H20BClN2O3. The molecule has 3 heterocycles. The van der Waals surface area contributed by atoms with E-state index in [4.69, 9.17) is 25.6 Å². The fourth-order valence-corrected chi connectivity index (χ4v) is 2.42. The summed E-state index contributed by atoms with van der Waals surface area (Å²) in [6, 6.07) is 2.10. The van der Waals surface area contributed by atoms with Crippen LogP contribution in [-0.2, 0) is 14.0 Å². The molecule has 1 aromatic rings. The number of ether oxygens (including phenoxy) is 1. The molecule has 0 spiro atoms. The number of halogens is 1. The van der Waals surface area contributed by atoms with Gasteiger partial charge >= 0.3 is 7.12 Å². The number of aromatic nitrogens is 1. The molecule has 114 valence electrons. The minimum absolute atomic E-state index is 0.296. The fourth-order valence-electron chi connectivity index (χ4n) is 2.26. The molecule has 21 heavy (non-hydrogen) atoms. The van der Waals surface area contributed by atoms with E-state index in [0.29, 0.717) is 24.4 Å². The van der Waals surface area contributed by atoms with Crippen molar-refractivity contribution in [1.29, 1.82) is 0 Å². The number of pyridine rings is 1. The van der Waals surface area contributed by atoms with E-state index in [1.165, 1.54) is 0 Å². The minimum Gasteiger partial charge on any atom is -0.399 e. The molecule has 2 aliphatic rings. The SMILES string of the molecule is CC1(C)OB(c2cnc(Cl)cc2NC2COC2)OC1(C)C. The van der Waals surface area contributed by atoms with Gasteiger partial charge in [-0.1, -0.05) is 11.6 Å². The zero-order valence-electron chi connectivity index (χ0n) is 12.8. The smallest absolute Gasteiger partial charge is 0.399 e. The highest BCUT2D eigenvalue weighted by Crippen LogP contribution is 2.37. The Bertz CT molecular complexity index is 533. The molecule has 0 amide bonds. The number of hydrogen-bond acceptors (Lipinski definition) is 5. The first-order valence-electron chi connectivity index (χ1n) is 7.14. The van der Waals surface area contributed by atoms with Crippen LogP contribution in [0.5, 0.6) is 0 Å². The van der Waals surface area contributed by atoms with E-state index in [1.807, 2.05) is 27.7 Å². The Kier molecular flexibility index (Phi) is 3.68. The monoisotopic (exact) mass is 310 g/mol. The molecule has 0 saturated carbocycles. The van der Waals surface area contributed by atoms with Gasteiger partial charge in [0.25, 0.3) is 0 Å². The number of anilines is 1. The minimum atomic E-state index is -0.455. The van der Waals surface area contributed by atoms with Gasteiger partial charge in [-0.3, -0.25) is 0 Å². The van der Waals surface area contributed by atoms with Crippen LogP contribution in [0.2, 0.25) is 5.15 Å². The van der Waals surface area contributed by atoms with E-state index in [-0.39, 0.29) is 11.2 Å². The summed E-state index contributed by atoms with van der Waals surface area (Å²) in [6.07, 6.45) is 1.71. The predicted octanol–water partition coefficient (Wildman–Crippen LogP) is 1.84. The Morgan fingerprint density at radius 2 is 1.86 bits per heavy atom. The van der Waals surface area contributed by atoms with Crippen LogP contribution < -0.4 is 10.8 Å². The van der Waals surface area contributed by atoms with Crippen LogP contribution in [0.4, 0.5) is 5.69 Å². The largest absolute Gasteiger partial charge is 0.498 e. The standard InChI is InChI=1S/C14H20BClN2O3/c1-13(2)14(3,4)21-15(20-13)10-6-17-12(16)5-11(10)18-9-7-19-8-9/h5-6,9H,7-8H2,1-4H3,(H,17,18). The van der Waals surface area contributed by atoms with E-state index < -0.39 is 7.12 Å². The lowest BCUT2D eigenvalue weighted by Crippen LogP contribution is -2.44. The summed E-state index contributed by atoms with van der Waals surface area (Å²) in [7, 11) is -0.455. The Morgan fingerprint density at radius 3 is 2.38 bits per heavy atom. The third-order valence-electron chi connectivity index (χ3n) is 4.41. The van der Waals surface area contributed by atoms with E-state index in [9.17, 15) is 0 Å². The summed E-state index contributed by atoms with van der Waals surface area (Å²) in [5, 5.41) is 3.85. The molecule has 0 radical (unpaired) electrons. The second-order valence-corrected chi connectivity index (χ2v) is 6.95. The molecule has 1 N–H and O–H groups in total. The lowest BCUT2D eigenvalue weighted by atomic mass is 9.79. The van der Waals surface area contributed by atoms with Crippen molar-refractivity contribution in [2.24, 2.45) is 0 Å². The highest BCUT2D eigenvalue weighted by atomic mass is 35.5. The Balaban J connectivity index is 1.88. The lowest BCUT2D eigenvalue weighted by molar-refractivity contribution is 0.00578. The van der Waals surface area contributed by atoms with Crippen LogP contribution in [-0.4, -0.2) is 42.6 Å². The molecule has 2 saturated heterocycles. The van der Waals surface area contributed by atoms with Gasteiger partial charge in [0.05, 0.1) is 30.5 Å². The summed E-state index contributed by atoms with van der Waals surface area (Å²) < 4.78 is 17.4. The van der Waals surface area contributed by atoms with Crippen molar-refractivity contribution >= 4 is 29.9 Å². The van der Waals surface area contributed by atoms with Crippen molar-refractivity contribution in [1.82, 2.24) is 4.98 Å². The summed E-state index contributed by atoms with van der Waals surface area (Å²) in [5.41, 5.74) is 0.995. The van der Waals surface area contributed by atoms with Crippen LogP contribution in [0.15, 0.2) is 12.3 Å². The highest BCUT2D eigenvalue weighted by molar-refractivity contribution is 6.64. The van der Waals surface area contributed by atoms with Gasteiger partial charge in [-0.15, -0.1) is 0 Å².